The van der Waals surface area contributed by atoms with Gasteiger partial charge in [0.05, 0.1) is 36.4 Å². The Kier molecular flexibility index (Phi) is 4.53. The molecule has 3 heterocycles. The fourth-order valence-corrected chi connectivity index (χ4v) is 3.25. The highest BCUT2D eigenvalue weighted by Gasteiger charge is 2.55. The Hall–Kier alpha value is -3.34. The molecule has 1 aliphatic rings. The summed E-state index contributed by atoms with van der Waals surface area (Å²) in [4.78, 5) is 18.5. The molecule has 1 amide bonds. The smallest absolute Gasteiger partial charge is 0.352 e. The summed E-state index contributed by atoms with van der Waals surface area (Å²) in [6, 6.07) is 4.99. The number of aliphatic hydroxyl groups is 1. The molecule has 1 aliphatic heterocycles. The lowest BCUT2D eigenvalue weighted by Gasteiger charge is -2.18. The lowest BCUT2D eigenvalue weighted by atomic mass is 9.98. The zero-order valence-electron chi connectivity index (χ0n) is 14.6. The third-order valence-electron chi connectivity index (χ3n) is 4.52. The molecule has 29 heavy (non-hydrogen) atoms. The monoisotopic (exact) mass is 407 g/mol. The van der Waals surface area contributed by atoms with E-state index in [9.17, 15) is 27.5 Å². The molecule has 0 bridgehead atoms. The van der Waals surface area contributed by atoms with E-state index in [0.717, 1.165) is 11.0 Å². The summed E-state index contributed by atoms with van der Waals surface area (Å²) in [5.41, 5.74) is -0.967. The van der Waals surface area contributed by atoms with E-state index in [1.165, 1.54) is 41.7 Å². The molecule has 1 N–H and O–H groups in total. The van der Waals surface area contributed by atoms with Crippen LogP contribution < -0.4 is 4.90 Å². The average molecular weight is 407 g/mol. The van der Waals surface area contributed by atoms with Gasteiger partial charge in [0, 0.05) is 6.20 Å². The Morgan fingerprint density at radius 2 is 1.86 bits per heavy atom. The maximum absolute atomic E-state index is 14.7. The van der Waals surface area contributed by atoms with Crippen molar-refractivity contribution in [1.29, 1.82) is 0 Å². The second-order valence-corrected chi connectivity index (χ2v) is 6.36. The molecule has 0 saturated heterocycles. The number of anilines is 1. The highest BCUT2D eigenvalue weighted by molar-refractivity contribution is 6.06. The maximum Gasteiger partial charge on any atom is 0.352 e. The van der Waals surface area contributed by atoms with Crippen molar-refractivity contribution < 1.29 is 27.5 Å². The fraction of sp³-hybridized carbons (Fsp3) is 0.222. The largest absolute Gasteiger partial charge is 0.382 e. The molecule has 0 fully saturated rings. The molecule has 150 valence electrons. The molecule has 0 saturated carbocycles. The van der Waals surface area contributed by atoms with Crippen molar-refractivity contribution in [3.63, 3.8) is 0 Å². The van der Waals surface area contributed by atoms with Crippen molar-refractivity contribution in [2.75, 3.05) is 4.90 Å². The minimum Gasteiger partial charge on any atom is -0.382 e. The van der Waals surface area contributed by atoms with Gasteiger partial charge in [0.15, 0.2) is 0 Å². The Balaban J connectivity index is 1.74. The zero-order chi connectivity index (χ0) is 20.8. The molecule has 4 rings (SSSR count). The van der Waals surface area contributed by atoms with Gasteiger partial charge in [-0.15, -0.1) is 0 Å². The minimum absolute atomic E-state index is 0.236. The first-order chi connectivity index (χ1) is 13.8. The van der Waals surface area contributed by atoms with E-state index in [1.54, 1.807) is 6.07 Å². The van der Waals surface area contributed by atoms with Gasteiger partial charge in [-0.3, -0.25) is 9.78 Å². The van der Waals surface area contributed by atoms with Crippen LogP contribution in [0, 0.1) is 0 Å². The van der Waals surface area contributed by atoms with Crippen molar-refractivity contribution in [3.05, 3.63) is 65.7 Å². The van der Waals surface area contributed by atoms with Gasteiger partial charge >= 0.3 is 11.8 Å². The van der Waals surface area contributed by atoms with Crippen LogP contribution in [0.2, 0.25) is 0 Å². The first-order valence-corrected chi connectivity index (χ1v) is 8.40. The lowest BCUT2D eigenvalue weighted by Crippen LogP contribution is -2.34. The number of carbonyl (C=O) groups is 1. The highest BCUT2D eigenvalue weighted by atomic mass is 19.3. The highest BCUT2D eigenvalue weighted by Crippen LogP contribution is 2.48. The van der Waals surface area contributed by atoms with E-state index < -0.39 is 35.5 Å². The zero-order valence-corrected chi connectivity index (χ0v) is 14.6. The van der Waals surface area contributed by atoms with Gasteiger partial charge in [0.2, 0.25) is 0 Å². The maximum atomic E-state index is 14.7. The molecule has 1 aromatic carbocycles. The number of hydrogen-bond donors (Lipinski definition) is 1. The SMILES string of the molecule is O=C1N(Cc2cncc(-n3nccn3)c2)c2cccc(C(O)C(F)F)c2C1(F)F. The second-order valence-electron chi connectivity index (χ2n) is 6.36. The van der Waals surface area contributed by atoms with Crippen LogP contribution in [0.3, 0.4) is 0 Å². The van der Waals surface area contributed by atoms with Gasteiger partial charge in [0.25, 0.3) is 6.43 Å². The Morgan fingerprint density at radius 1 is 1.14 bits per heavy atom. The Labute approximate surface area is 161 Å². The Bertz CT molecular complexity index is 1060. The Morgan fingerprint density at radius 3 is 2.55 bits per heavy atom. The molecule has 0 spiro atoms. The number of pyridine rings is 1. The quantitative estimate of drug-likeness (QED) is 0.658. The summed E-state index contributed by atoms with van der Waals surface area (Å²) in [6.07, 6.45) is 0.0268. The first kappa shape index (κ1) is 19.0. The molecular formula is C18H13F4N5O2. The van der Waals surface area contributed by atoms with Crippen molar-refractivity contribution in [3.8, 4) is 5.69 Å². The van der Waals surface area contributed by atoms with E-state index >= 15 is 0 Å². The standard InChI is InChI=1S/C18H13F4N5O2/c19-16(20)15(28)12-2-1-3-13-14(12)18(21,22)17(29)26(13)9-10-6-11(8-23-7-10)27-24-4-5-25-27/h1-8,15-16,28H,9H2. The molecule has 11 heteroatoms. The van der Waals surface area contributed by atoms with Crippen molar-refractivity contribution in [1.82, 2.24) is 20.0 Å². The molecule has 3 aromatic rings. The van der Waals surface area contributed by atoms with E-state index in [4.69, 9.17) is 0 Å². The number of hydrogen-bond acceptors (Lipinski definition) is 5. The topological polar surface area (TPSA) is 84.1 Å². The van der Waals surface area contributed by atoms with Gasteiger partial charge in [-0.2, -0.15) is 23.8 Å². The predicted octanol–water partition coefficient (Wildman–Crippen LogP) is 2.60. The van der Waals surface area contributed by atoms with E-state index in [1.807, 2.05) is 0 Å². The number of benzene rings is 1. The summed E-state index contributed by atoms with van der Waals surface area (Å²) >= 11 is 0. The van der Waals surface area contributed by atoms with Crippen LogP contribution in [0.5, 0.6) is 0 Å². The van der Waals surface area contributed by atoms with Gasteiger partial charge in [0.1, 0.15) is 11.8 Å². The number of fused-ring (bicyclic) bond motifs is 1. The third kappa shape index (κ3) is 3.12. The predicted molar refractivity (Wildman–Crippen MR) is 91.6 cm³/mol. The molecule has 2 aromatic heterocycles. The number of amides is 1. The molecule has 1 atom stereocenters. The first-order valence-electron chi connectivity index (χ1n) is 8.40. The van der Waals surface area contributed by atoms with Crippen molar-refractivity contribution in [2.45, 2.75) is 25.0 Å². The summed E-state index contributed by atoms with van der Waals surface area (Å²) in [5, 5.41) is 17.6. The van der Waals surface area contributed by atoms with Gasteiger partial charge in [-0.05, 0) is 23.3 Å². The van der Waals surface area contributed by atoms with Crippen LogP contribution in [0.4, 0.5) is 23.2 Å². The van der Waals surface area contributed by atoms with Gasteiger partial charge in [-0.1, -0.05) is 12.1 Å². The molecular weight excluding hydrogens is 394 g/mol. The normalized spacial score (nSPS) is 16.3. The minimum atomic E-state index is -4.05. The van der Waals surface area contributed by atoms with Crippen LogP contribution in [0.15, 0.2) is 49.1 Å². The summed E-state index contributed by atoms with van der Waals surface area (Å²) in [7, 11) is 0. The summed E-state index contributed by atoms with van der Waals surface area (Å²) in [5.74, 6) is -5.61. The second kappa shape index (κ2) is 6.92. The van der Waals surface area contributed by atoms with E-state index in [2.05, 4.69) is 15.2 Å². The van der Waals surface area contributed by atoms with Crippen molar-refractivity contribution >= 4 is 11.6 Å². The number of aliphatic hydroxyl groups excluding tert-OH is 1. The van der Waals surface area contributed by atoms with Gasteiger partial charge in [-0.25, -0.2) is 8.78 Å². The van der Waals surface area contributed by atoms with Crippen LogP contribution in [0.1, 0.15) is 22.8 Å². The molecule has 0 aliphatic carbocycles. The fourth-order valence-electron chi connectivity index (χ4n) is 3.25. The summed E-state index contributed by atoms with van der Waals surface area (Å²) in [6.45, 7) is -0.280. The van der Waals surface area contributed by atoms with Crippen LogP contribution >= 0.6 is 0 Å². The third-order valence-corrected chi connectivity index (χ3v) is 4.52. The lowest BCUT2D eigenvalue weighted by molar-refractivity contribution is -0.142. The number of rotatable bonds is 5. The van der Waals surface area contributed by atoms with Crippen LogP contribution in [-0.2, 0) is 17.3 Å². The number of alkyl halides is 4. The number of aromatic nitrogens is 4. The molecule has 0 radical (unpaired) electrons. The number of nitrogens with zero attached hydrogens (tertiary/aromatic N) is 5. The van der Waals surface area contributed by atoms with Gasteiger partial charge < -0.3 is 10.0 Å². The van der Waals surface area contributed by atoms with E-state index in [0.29, 0.717) is 11.3 Å². The van der Waals surface area contributed by atoms with Crippen molar-refractivity contribution in [2.24, 2.45) is 0 Å². The molecule has 1 unspecified atom stereocenters. The number of halogens is 4. The van der Waals surface area contributed by atoms with Crippen LogP contribution in [0.25, 0.3) is 5.69 Å². The summed E-state index contributed by atoms with van der Waals surface area (Å²) < 4.78 is 55.2. The van der Waals surface area contributed by atoms with Crippen LogP contribution in [-0.4, -0.2) is 37.4 Å². The van der Waals surface area contributed by atoms with E-state index in [-0.39, 0.29) is 12.2 Å². The molecule has 7 nitrogen and oxygen atoms in total. The number of carbonyl (C=O) groups excluding carboxylic acids is 1. The average Bonchev–Trinajstić information content (AvgIpc) is 3.30.